The van der Waals surface area contributed by atoms with E-state index in [9.17, 15) is 9.90 Å². The van der Waals surface area contributed by atoms with Crippen LogP contribution in [0.2, 0.25) is 0 Å². The minimum Gasteiger partial charge on any atom is -0.391 e. The number of likely N-dealkylation sites (tertiary alicyclic amines) is 1. The van der Waals surface area contributed by atoms with Gasteiger partial charge in [0.1, 0.15) is 0 Å². The molecule has 0 radical (unpaired) electrons. The molecule has 1 N–H and O–H groups in total. The summed E-state index contributed by atoms with van der Waals surface area (Å²) in [6.07, 6.45) is 1.48. The van der Waals surface area contributed by atoms with Crippen molar-refractivity contribution < 1.29 is 14.6 Å². The summed E-state index contributed by atoms with van der Waals surface area (Å²) in [6.45, 7) is 6.61. The zero-order chi connectivity index (χ0) is 16.9. The van der Waals surface area contributed by atoms with Gasteiger partial charge in [-0.2, -0.15) is 0 Å². The first-order valence-electron chi connectivity index (χ1n) is 8.93. The Morgan fingerprint density at radius 3 is 2.79 bits per heavy atom. The Bertz CT molecular complexity index is 557. The summed E-state index contributed by atoms with van der Waals surface area (Å²) in [6, 6.07) is 8.50. The Hall–Kier alpha value is -1.43. The predicted molar refractivity (Wildman–Crippen MR) is 92.8 cm³/mol. The monoisotopic (exact) mass is 332 g/mol. The van der Waals surface area contributed by atoms with Crippen LogP contribution in [0.5, 0.6) is 0 Å². The Labute approximate surface area is 144 Å². The molecule has 0 aliphatic carbocycles. The third-order valence-corrected chi connectivity index (χ3v) is 5.11. The van der Waals surface area contributed by atoms with Crippen molar-refractivity contribution in [1.29, 1.82) is 0 Å². The molecule has 3 rings (SSSR count). The zero-order valence-corrected chi connectivity index (χ0v) is 14.5. The molecule has 2 saturated heterocycles. The molecular formula is C19H28N2O3. The summed E-state index contributed by atoms with van der Waals surface area (Å²) in [4.78, 5) is 16.3. The first-order chi connectivity index (χ1) is 11.6. The number of carbonyl (C=O) groups excluding carboxylic acids is 1. The second-order valence-corrected chi connectivity index (χ2v) is 7.04. The second-order valence-electron chi connectivity index (χ2n) is 7.04. The number of benzene rings is 1. The number of aryl methyl sites for hydroxylation is 1. The molecule has 5 nitrogen and oxygen atoms in total. The maximum absolute atomic E-state index is 12.3. The molecule has 2 aliphatic heterocycles. The van der Waals surface area contributed by atoms with Gasteiger partial charge >= 0.3 is 0 Å². The molecule has 1 aromatic carbocycles. The first-order valence-corrected chi connectivity index (χ1v) is 8.93. The standard InChI is InChI=1S/C19H28N2O3/c1-15-3-2-4-16(11-15)12-17-5-6-20(13-18(17)22)14-19(23)21-7-9-24-10-8-21/h2-4,11,17-18,22H,5-10,12-14H2,1H3/t17-,18+/m1/s1. The molecule has 2 aliphatic rings. The van der Waals surface area contributed by atoms with Crippen molar-refractivity contribution in [3.63, 3.8) is 0 Å². The molecule has 1 aromatic rings. The molecule has 1 amide bonds. The lowest BCUT2D eigenvalue weighted by atomic mass is 9.87. The van der Waals surface area contributed by atoms with Crippen LogP contribution < -0.4 is 0 Å². The van der Waals surface area contributed by atoms with Crippen molar-refractivity contribution in [2.75, 3.05) is 45.9 Å². The maximum atomic E-state index is 12.3. The van der Waals surface area contributed by atoms with Gasteiger partial charge in [-0.1, -0.05) is 29.8 Å². The fourth-order valence-electron chi connectivity index (χ4n) is 3.67. The minimum absolute atomic E-state index is 0.155. The van der Waals surface area contributed by atoms with Gasteiger partial charge in [0.2, 0.25) is 5.91 Å². The average molecular weight is 332 g/mol. The third kappa shape index (κ3) is 4.56. The van der Waals surface area contributed by atoms with Crippen LogP contribution in [0.3, 0.4) is 0 Å². The van der Waals surface area contributed by atoms with Crippen LogP contribution >= 0.6 is 0 Å². The molecule has 24 heavy (non-hydrogen) atoms. The molecule has 2 fully saturated rings. The fraction of sp³-hybridized carbons (Fsp3) is 0.632. The van der Waals surface area contributed by atoms with Crippen molar-refractivity contribution in [3.8, 4) is 0 Å². The summed E-state index contributed by atoms with van der Waals surface area (Å²) in [5.41, 5.74) is 2.55. The van der Waals surface area contributed by atoms with Crippen molar-refractivity contribution in [1.82, 2.24) is 9.80 Å². The summed E-state index contributed by atoms with van der Waals surface area (Å²) in [7, 11) is 0. The molecule has 2 heterocycles. The number of ether oxygens (including phenoxy) is 1. The molecule has 132 valence electrons. The second kappa shape index (κ2) is 8.10. The van der Waals surface area contributed by atoms with Gasteiger partial charge in [0.05, 0.1) is 25.9 Å². The smallest absolute Gasteiger partial charge is 0.236 e. The summed E-state index contributed by atoms with van der Waals surface area (Å²) in [5.74, 6) is 0.434. The molecule has 0 saturated carbocycles. The topological polar surface area (TPSA) is 53.0 Å². The highest BCUT2D eigenvalue weighted by atomic mass is 16.5. The number of morpholine rings is 1. The van der Waals surface area contributed by atoms with Gasteiger partial charge in [-0.15, -0.1) is 0 Å². The molecule has 0 aromatic heterocycles. The summed E-state index contributed by atoms with van der Waals surface area (Å²) in [5, 5.41) is 10.5. The highest BCUT2D eigenvalue weighted by Crippen LogP contribution is 2.22. The normalized spacial score (nSPS) is 25.7. The number of aliphatic hydroxyl groups excluding tert-OH is 1. The van der Waals surface area contributed by atoms with Crippen LogP contribution in [-0.2, 0) is 16.0 Å². The van der Waals surface area contributed by atoms with Crippen LogP contribution in [-0.4, -0.2) is 72.9 Å². The highest BCUT2D eigenvalue weighted by molar-refractivity contribution is 5.78. The molecular weight excluding hydrogens is 304 g/mol. The van der Waals surface area contributed by atoms with E-state index in [4.69, 9.17) is 4.74 Å². The van der Waals surface area contributed by atoms with Crippen LogP contribution in [0.15, 0.2) is 24.3 Å². The quantitative estimate of drug-likeness (QED) is 0.896. The number of hydrogen-bond acceptors (Lipinski definition) is 4. The predicted octanol–water partition coefficient (Wildman–Crippen LogP) is 1.08. The molecule has 0 bridgehead atoms. The first kappa shape index (κ1) is 17.4. The number of piperidine rings is 1. The number of nitrogens with zero attached hydrogens (tertiary/aromatic N) is 2. The lowest BCUT2D eigenvalue weighted by Gasteiger charge is -2.37. The van der Waals surface area contributed by atoms with E-state index in [-0.39, 0.29) is 17.9 Å². The van der Waals surface area contributed by atoms with Gasteiger partial charge < -0.3 is 14.7 Å². The van der Waals surface area contributed by atoms with E-state index in [1.54, 1.807) is 0 Å². The zero-order valence-electron chi connectivity index (χ0n) is 14.5. The highest BCUT2D eigenvalue weighted by Gasteiger charge is 2.29. The van der Waals surface area contributed by atoms with Gasteiger partial charge in [-0.05, 0) is 37.8 Å². The molecule has 0 spiro atoms. The Morgan fingerprint density at radius 2 is 2.08 bits per heavy atom. The molecule has 5 heteroatoms. The van der Waals surface area contributed by atoms with Crippen molar-refractivity contribution >= 4 is 5.91 Å². The number of rotatable bonds is 4. The Morgan fingerprint density at radius 1 is 1.29 bits per heavy atom. The van der Waals surface area contributed by atoms with E-state index in [1.807, 2.05) is 4.90 Å². The summed E-state index contributed by atoms with van der Waals surface area (Å²) >= 11 is 0. The number of β-amino-alcohol motifs (C(OH)–C–C–N with tert-alkyl or cyclic N) is 1. The van der Waals surface area contributed by atoms with Crippen molar-refractivity contribution in [2.45, 2.75) is 25.9 Å². The van der Waals surface area contributed by atoms with Gasteiger partial charge in [0.15, 0.2) is 0 Å². The summed E-state index contributed by atoms with van der Waals surface area (Å²) < 4.78 is 5.29. The third-order valence-electron chi connectivity index (χ3n) is 5.11. The van der Waals surface area contributed by atoms with E-state index in [1.165, 1.54) is 11.1 Å². The van der Waals surface area contributed by atoms with E-state index in [0.29, 0.717) is 39.4 Å². The average Bonchev–Trinajstić information content (AvgIpc) is 2.58. The fourth-order valence-corrected chi connectivity index (χ4v) is 3.67. The lowest BCUT2D eigenvalue weighted by Crippen LogP contribution is -2.50. The number of aliphatic hydroxyl groups is 1. The maximum Gasteiger partial charge on any atom is 0.236 e. The van der Waals surface area contributed by atoms with Crippen LogP contribution in [0, 0.1) is 12.8 Å². The Kier molecular flexibility index (Phi) is 5.87. The van der Waals surface area contributed by atoms with Gasteiger partial charge in [0.25, 0.3) is 0 Å². The van der Waals surface area contributed by atoms with Gasteiger partial charge in [0, 0.05) is 19.6 Å². The van der Waals surface area contributed by atoms with Gasteiger partial charge in [-0.25, -0.2) is 0 Å². The van der Waals surface area contributed by atoms with E-state index in [0.717, 1.165) is 19.4 Å². The molecule has 0 unspecified atom stereocenters. The van der Waals surface area contributed by atoms with Crippen LogP contribution in [0.25, 0.3) is 0 Å². The van der Waals surface area contributed by atoms with E-state index < -0.39 is 0 Å². The molecule has 2 atom stereocenters. The SMILES string of the molecule is Cc1cccc(C[C@H]2CCN(CC(=O)N3CCOCC3)C[C@@H]2O)c1. The number of amides is 1. The van der Waals surface area contributed by atoms with Crippen LogP contribution in [0.4, 0.5) is 0 Å². The van der Waals surface area contributed by atoms with E-state index >= 15 is 0 Å². The van der Waals surface area contributed by atoms with Crippen molar-refractivity contribution in [2.24, 2.45) is 5.92 Å². The van der Waals surface area contributed by atoms with E-state index in [2.05, 4.69) is 36.1 Å². The number of carbonyl (C=O) groups is 1. The minimum atomic E-state index is -0.364. The largest absolute Gasteiger partial charge is 0.391 e. The van der Waals surface area contributed by atoms with Crippen LogP contribution in [0.1, 0.15) is 17.5 Å². The Balaban J connectivity index is 1.48. The van der Waals surface area contributed by atoms with Gasteiger partial charge in [-0.3, -0.25) is 9.69 Å². The van der Waals surface area contributed by atoms with Crippen molar-refractivity contribution in [3.05, 3.63) is 35.4 Å². The number of hydrogen-bond donors (Lipinski definition) is 1. The lowest BCUT2D eigenvalue weighted by molar-refractivity contribution is -0.137.